The van der Waals surface area contributed by atoms with E-state index in [0.717, 1.165) is 117 Å². The van der Waals surface area contributed by atoms with Gasteiger partial charge in [-0.15, -0.1) is 0 Å². The molecule has 0 amide bonds. The normalized spacial score (nSPS) is 11.3. The number of rotatable bonds is 22. The van der Waals surface area contributed by atoms with Crippen LogP contribution in [-0.2, 0) is 14.2 Å². The topological polar surface area (TPSA) is 68.2 Å². The molecule has 25 heavy (non-hydrogen) atoms. The van der Waals surface area contributed by atoms with Crippen LogP contribution in [0.1, 0.15) is 77.0 Å². The Balaban J connectivity index is 2.94. The average Bonchev–Trinajstić information content (AvgIpc) is 2.63. The number of ether oxygens (including phenoxy) is 3. The van der Waals surface area contributed by atoms with Crippen molar-refractivity contribution in [3.63, 3.8) is 0 Å². The van der Waals surface area contributed by atoms with Gasteiger partial charge in [0.1, 0.15) is 0 Å². The van der Waals surface area contributed by atoms with Crippen LogP contribution in [-0.4, -0.2) is 63.1 Å². The molecule has 0 radical (unpaired) electrons. The average molecular weight is 363 g/mol. The van der Waals surface area contributed by atoms with E-state index >= 15 is 0 Å². The van der Waals surface area contributed by atoms with Crippen LogP contribution in [0.15, 0.2) is 0 Å². The molecule has 152 valence electrons. The second-order valence-corrected chi connectivity index (χ2v) is 6.53. The minimum atomic E-state index is 0.306. The molecule has 0 heterocycles. The zero-order valence-corrected chi connectivity index (χ0v) is 16.3. The van der Waals surface area contributed by atoms with Crippen LogP contribution < -0.4 is 0 Å². The molecule has 0 fully saturated rings. The number of aliphatic hydroxyl groups is 2. The molecule has 0 aromatic heterocycles. The van der Waals surface area contributed by atoms with Crippen molar-refractivity contribution in [2.45, 2.75) is 77.0 Å². The van der Waals surface area contributed by atoms with Gasteiger partial charge in [-0.1, -0.05) is 25.7 Å². The van der Waals surface area contributed by atoms with E-state index in [4.69, 9.17) is 24.4 Å². The molecule has 5 nitrogen and oxygen atoms in total. The van der Waals surface area contributed by atoms with Gasteiger partial charge in [0.25, 0.3) is 0 Å². The van der Waals surface area contributed by atoms with Crippen LogP contribution >= 0.6 is 0 Å². The zero-order valence-electron chi connectivity index (χ0n) is 16.3. The lowest BCUT2D eigenvalue weighted by molar-refractivity contribution is 0.0889. The molecule has 0 aliphatic rings. The molecule has 0 atom stereocenters. The molecular formula is C20H42O5. The van der Waals surface area contributed by atoms with Crippen LogP contribution in [0, 0.1) is 0 Å². The van der Waals surface area contributed by atoms with E-state index in [9.17, 15) is 0 Å². The Morgan fingerprint density at radius 1 is 0.320 bits per heavy atom. The summed E-state index contributed by atoms with van der Waals surface area (Å²) in [7, 11) is 0. The summed E-state index contributed by atoms with van der Waals surface area (Å²) in [6, 6.07) is 0. The van der Waals surface area contributed by atoms with Gasteiger partial charge in [-0.2, -0.15) is 0 Å². The highest BCUT2D eigenvalue weighted by atomic mass is 16.5. The van der Waals surface area contributed by atoms with Crippen molar-refractivity contribution in [1.82, 2.24) is 0 Å². The summed E-state index contributed by atoms with van der Waals surface area (Å²) in [5.74, 6) is 0. The van der Waals surface area contributed by atoms with Crippen molar-refractivity contribution in [3.05, 3.63) is 0 Å². The van der Waals surface area contributed by atoms with Crippen LogP contribution in [0.25, 0.3) is 0 Å². The molecule has 5 heteroatoms. The van der Waals surface area contributed by atoms with Crippen LogP contribution in [0.2, 0.25) is 0 Å². The highest BCUT2D eigenvalue weighted by Gasteiger charge is 1.95. The smallest absolute Gasteiger partial charge is 0.0466 e. The monoisotopic (exact) mass is 362 g/mol. The first-order chi connectivity index (χ1) is 12.4. The molecule has 0 rings (SSSR count). The lowest BCUT2D eigenvalue weighted by Crippen LogP contribution is -2.03. The van der Waals surface area contributed by atoms with Gasteiger partial charge >= 0.3 is 0 Å². The minimum Gasteiger partial charge on any atom is -0.396 e. The van der Waals surface area contributed by atoms with Gasteiger partial charge in [0.15, 0.2) is 0 Å². The van der Waals surface area contributed by atoms with Crippen molar-refractivity contribution >= 4 is 0 Å². The Morgan fingerprint density at radius 3 is 0.840 bits per heavy atom. The van der Waals surface area contributed by atoms with Gasteiger partial charge in [-0.05, 0) is 51.4 Å². The molecule has 0 aliphatic carbocycles. The highest BCUT2D eigenvalue weighted by molar-refractivity contribution is 4.45. The summed E-state index contributed by atoms with van der Waals surface area (Å²) in [5.41, 5.74) is 0. The van der Waals surface area contributed by atoms with Crippen LogP contribution in [0.5, 0.6) is 0 Å². The predicted molar refractivity (Wildman–Crippen MR) is 102 cm³/mol. The lowest BCUT2D eigenvalue weighted by Gasteiger charge is -2.06. The van der Waals surface area contributed by atoms with Crippen LogP contribution in [0.4, 0.5) is 0 Å². The Hall–Kier alpha value is -0.200. The molecule has 0 aliphatic heterocycles. The molecule has 0 unspecified atom stereocenters. The number of unbranched alkanes of at least 4 members (excludes halogenated alkanes) is 8. The van der Waals surface area contributed by atoms with E-state index in [1.54, 1.807) is 0 Å². The van der Waals surface area contributed by atoms with E-state index in [2.05, 4.69) is 0 Å². The maximum absolute atomic E-state index is 8.67. The Bertz CT molecular complexity index is 204. The van der Waals surface area contributed by atoms with Crippen molar-refractivity contribution in [3.8, 4) is 0 Å². The zero-order chi connectivity index (χ0) is 18.3. The van der Waals surface area contributed by atoms with Crippen LogP contribution in [0.3, 0.4) is 0 Å². The second-order valence-electron chi connectivity index (χ2n) is 6.53. The number of aliphatic hydroxyl groups excluding tert-OH is 2. The quantitative estimate of drug-likeness (QED) is 0.287. The fourth-order valence-corrected chi connectivity index (χ4v) is 2.46. The van der Waals surface area contributed by atoms with E-state index in [1.165, 1.54) is 0 Å². The third kappa shape index (κ3) is 23.8. The summed E-state index contributed by atoms with van der Waals surface area (Å²) in [5, 5.41) is 17.3. The first-order valence-corrected chi connectivity index (χ1v) is 10.4. The fourth-order valence-electron chi connectivity index (χ4n) is 2.46. The van der Waals surface area contributed by atoms with Crippen molar-refractivity contribution in [2.75, 3.05) is 52.9 Å². The van der Waals surface area contributed by atoms with Gasteiger partial charge in [-0.25, -0.2) is 0 Å². The van der Waals surface area contributed by atoms with E-state index < -0.39 is 0 Å². The first-order valence-electron chi connectivity index (χ1n) is 10.4. The first kappa shape index (κ1) is 24.8. The third-order valence-electron chi connectivity index (χ3n) is 4.05. The van der Waals surface area contributed by atoms with E-state index in [0.29, 0.717) is 13.2 Å². The summed E-state index contributed by atoms with van der Waals surface area (Å²) >= 11 is 0. The van der Waals surface area contributed by atoms with E-state index in [-0.39, 0.29) is 0 Å². The molecule has 0 spiro atoms. The largest absolute Gasteiger partial charge is 0.396 e. The summed E-state index contributed by atoms with van der Waals surface area (Å²) in [6.07, 6.45) is 12.8. The highest BCUT2D eigenvalue weighted by Crippen LogP contribution is 2.01. The van der Waals surface area contributed by atoms with Gasteiger partial charge in [0.05, 0.1) is 0 Å². The minimum absolute atomic E-state index is 0.306. The van der Waals surface area contributed by atoms with Crippen molar-refractivity contribution in [1.29, 1.82) is 0 Å². The van der Waals surface area contributed by atoms with E-state index in [1.807, 2.05) is 0 Å². The number of hydrogen-bond acceptors (Lipinski definition) is 5. The van der Waals surface area contributed by atoms with Gasteiger partial charge in [0, 0.05) is 52.9 Å². The SMILES string of the molecule is OCCCCCCOCCCCOCCCCOCCCCCCO. The second kappa shape index (κ2) is 23.8. The maximum atomic E-state index is 8.67. The fraction of sp³-hybridized carbons (Fsp3) is 1.00. The summed E-state index contributed by atoms with van der Waals surface area (Å²) in [6.45, 7) is 5.60. The molecule has 0 bridgehead atoms. The Kier molecular flexibility index (Phi) is 23.6. The van der Waals surface area contributed by atoms with Crippen molar-refractivity contribution < 1.29 is 24.4 Å². The lowest BCUT2D eigenvalue weighted by atomic mass is 10.2. The Morgan fingerprint density at radius 2 is 0.560 bits per heavy atom. The molecule has 0 saturated heterocycles. The summed E-state index contributed by atoms with van der Waals surface area (Å²) in [4.78, 5) is 0. The molecule has 0 aromatic carbocycles. The molecule has 0 saturated carbocycles. The number of hydrogen-bond donors (Lipinski definition) is 2. The molecular weight excluding hydrogens is 320 g/mol. The van der Waals surface area contributed by atoms with Gasteiger partial charge in [0.2, 0.25) is 0 Å². The molecule has 0 aromatic rings. The molecule has 2 N–H and O–H groups in total. The van der Waals surface area contributed by atoms with Gasteiger partial charge < -0.3 is 24.4 Å². The Labute approximate surface area is 155 Å². The standard InChI is InChI=1S/C20H42O5/c21-13-5-1-3-7-15-23-17-9-11-19-25-20-12-10-18-24-16-8-4-2-6-14-22/h21-22H,1-20H2. The summed E-state index contributed by atoms with van der Waals surface area (Å²) < 4.78 is 16.8. The predicted octanol–water partition coefficient (Wildman–Crippen LogP) is 3.70. The third-order valence-corrected chi connectivity index (χ3v) is 4.05. The van der Waals surface area contributed by atoms with Crippen molar-refractivity contribution in [2.24, 2.45) is 0 Å². The van der Waals surface area contributed by atoms with Gasteiger partial charge in [-0.3, -0.25) is 0 Å². The maximum Gasteiger partial charge on any atom is 0.0466 e.